The quantitative estimate of drug-likeness (QED) is 0.694. The molecule has 2 rings (SSSR count). The van der Waals surface area contributed by atoms with Crippen molar-refractivity contribution in [3.05, 3.63) is 0 Å². The first-order valence-electron chi connectivity index (χ1n) is 5.64. The van der Waals surface area contributed by atoms with Crippen molar-refractivity contribution in [3.8, 4) is 0 Å². The summed E-state index contributed by atoms with van der Waals surface area (Å²) in [5, 5.41) is 0. The minimum absolute atomic E-state index is 0.474. The summed E-state index contributed by atoms with van der Waals surface area (Å²) in [6, 6.07) is 0. The van der Waals surface area contributed by atoms with Gasteiger partial charge in [-0.3, -0.25) is 0 Å². The summed E-state index contributed by atoms with van der Waals surface area (Å²) in [6.45, 7) is 4.80. The molecule has 1 saturated heterocycles. The maximum Gasteiger partial charge on any atom is 0.189 e. The van der Waals surface area contributed by atoms with E-state index in [9.17, 15) is 0 Å². The van der Waals surface area contributed by atoms with Crippen molar-refractivity contribution in [2.75, 3.05) is 26.4 Å². The van der Waals surface area contributed by atoms with E-state index in [0.29, 0.717) is 19.8 Å². The summed E-state index contributed by atoms with van der Waals surface area (Å²) in [6.07, 6.45) is 5.41. The van der Waals surface area contributed by atoms with E-state index in [1.165, 1.54) is 25.7 Å². The largest absolute Gasteiger partial charge is 0.376 e. The van der Waals surface area contributed by atoms with Crippen molar-refractivity contribution >= 4 is 0 Å². The van der Waals surface area contributed by atoms with Gasteiger partial charge in [-0.05, 0) is 25.7 Å². The number of hydrogen-bond donors (Lipinski definition) is 0. The van der Waals surface area contributed by atoms with Gasteiger partial charge in [0.2, 0.25) is 0 Å². The number of rotatable bonds is 4. The first kappa shape index (κ1) is 10.4. The van der Waals surface area contributed by atoms with E-state index >= 15 is 0 Å². The third-order valence-corrected chi connectivity index (χ3v) is 3.09. The Bertz CT molecular complexity index is 169. The lowest BCUT2D eigenvalue weighted by molar-refractivity contribution is -0.182. The average Bonchev–Trinajstić information content (AvgIpc) is 2.77. The molecule has 1 heterocycles. The van der Waals surface area contributed by atoms with Crippen molar-refractivity contribution < 1.29 is 14.2 Å². The first-order valence-corrected chi connectivity index (χ1v) is 5.64. The molecule has 0 aromatic rings. The molecule has 2 aliphatic rings. The van der Waals surface area contributed by atoms with E-state index in [1.807, 2.05) is 6.92 Å². The van der Waals surface area contributed by atoms with Gasteiger partial charge < -0.3 is 14.2 Å². The summed E-state index contributed by atoms with van der Waals surface area (Å²) in [5.74, 6) is 0.304. The molecule has 3 heteroatoms. The van der Waals surface area contributed by atoms with E-state index in [4.69, 9.17) is 14.2 Å². The van der Waals surface area contributed by atoms with Crippen molar-refractivity contribution in [1.82, 2.24) is 0 Å². The molecule has 1 aliphatic heterocycles. The molecule has 1 aliphatic carbocycles. The first-order chi connectivity index (χ1) is 6.79. The zero-order valence-electron chi connectivity index (χ0n) is 8.96. The minimum atomic E-state index is -0.474. The fourth-order valence-electron chi connectivity index (χ4n) is 2.23. The Morgan fingerprint density at radius 2 is 1.86 bits per heavy atom. The van der Waals surface area contributed by atoms with Crippen LogP contribution in [0.1, 0.15) is 32.6 Å². The second-order valence-electron chi connectivity index (χ2n) is 4.50. The molecule has 3 nitrogen and oxygen atoms in total. The third kappa shape index (κ3) is 2.69. The molecule has 14 heavy (non-hydrogen) atoms. The van der Waals surface area contributed by atoms with E-state index < -0.39 is 5.79 Å². The summed E-state index contributed by atoms with van der Waals surface area (Å²) in [4.78, 5) is 0. The van der Waals surface area contributed by atoms with E-state index in [2.05, 4.69) is 0 Å². The Kier molecular flexibility index (Phi) is 3.42. The van der Waals surface area contributed by atoms with Crippen LogP contribution in [0.3, 0.4) is 0 Å². The summed E-state index contributed by atoms with van der Waals surface area (Å²) >= 11 is 0. The standard InChI is InChI=1S/C11H20O3/c1-11(13-6-7-14-11)9-12-8-10-4-2-3-5-10/h10H,2-9H2,1H3. The molecule has 0 amide bonds. The molecule has 0 radical (unpaired) electrons. The lowest BCUT2D eigenvalue weighted by Crippen LogP contribution is -2.32. The highest BCUT2D eigenvalue weighted by Crippen LogP contribution is 2.25. The van der Waals surface area contributed by atoms with Gasteiger partial charge in [-0.25, -0.2) is 0 Å². The summed E-state index contributed by atoms with van der Waals surface area (Å²) in [5.41, 5.74) is 0. The predicted octanol–water partition coefficient (Wildman–Crippen LogP) is 1.96. The molecule has 1 saturated carbocycles. The molecule has 0 aromatic heterocycles. The third-order valence-electron chi connectivity index (χ3n) is 3.09. The molecular weight excluding hydrogens is 180 g/mol. The molecule has 0 atom stereocenters. The number of ether oxygens (including phenoxy) is 3. The highest BCUT2D eigenvalue weighted by molar-refractivity contribution is 4.69. The lowest BCUT2D eigenvalue weighted by Gasteiger charge is -2.22. The fraction of sp³-hybridized carbons (Fsp3) is 1.00. The van der Waals surface area contributed by atoms with Crippen LogP contribution in [0, 0.1) is 5.92 Å². The van der Waals surface area contributed by atoms with Crippen LogP contribution in [0.15, 0.2) is 0 Å². The van der Waals surface area contributed by atoms with Crippen LogP contribution >= 0.6 is 0 Å². The summed E-state index contributed by atoms with van der Waals surface area (Å²) < 4.78 is 16.6. The normalized spacial score (nSPS) is 27.2. The zero-order chi connectivity index (χ0) is 9.86. The van der Waals surface area contributed by atoms with Crippen LogP contribution in [-0.2, 0) is 14.2 Å². The SMILES string of the molecule is CC1(COCC2CCCC2)OCCO1. The smallest absolute Gasteiger partial charge is 0.189 e. The Labute approximate surface area is 85.7 Å². The monoisotopic (exact) mass is 200 g/mol. The van der Waals surface area contributed by atoms with Crippen molar-refractivity contribution in [3.63, 3.8) is 0 Å². The fourth-order valence-corrected chi connectivity index (χ4v) is 2.23. The van der Waals surface area contributed by atoms with Crippen LogP contribution in [-0.4, -0.2) is 32.2 Å². The molecule has 0 bridgehead atoms. The molecule has 0 N–H and O–H groups in total. The Hall–Kier alpha value is -0.120. The van der Waals surface area contributed by atoms with Crippen molar-refractivity contribution in [2.24, 2.45) is 5.92 Å². The van der Waals surface area contributed by atoms with Crippen LogP contribution in [0.5, 0.6) is 0 Å². The van der Waals surface area contributed by atoms with E-state index in [1.54, 1.807) is 0 Å². The van der Waals surface area contributed by atoms with Gasteiger partial charge in [0, 0.05) is 6.61 Å². The highest BCUT2D eigenvalue weighted by Gasteiger charge is 2.31. The van der Waals surface area contributed by atoms with Gasteiger partial charge in [-0.2, -0.15) is 0 Å². The second-order valence-corrected chi connectivity index (χ2v) is 4.50. The van der Waals surface area contributed by atoms with Crippen molar-refractivity contribution in [2.45, 2.75) is 38.4 Å². The molecule has 82 valence electrons. The van der Waals surface area contributed by atoms with Gasteiger partial charge >= 0.3 is 0 Å². The van der Waals surface area contributed by atoms with Gasteiger partial charge in [0.25, 0.3) is 0 Å². The van der Waals surface area contributed by atoms with Gasteiger partial charge in [-0.1, -0.05) is 12.8 Å². The van der Waals surface area contributed by atoms with Gasteiger partial charge in [0.15, 0.2) is 5.79 Å². The highest BCUT2D eigenvalue weighted by atomic mass is 16.7. The average molecular weight is 200 g/mol. The molecule has 0 unspecified atom stereocenters. The van der Waals surface area contributed by atoms with Crippen LogP contribution in [0.4, 0.5) is 0 Å². The van der Waals surface area contributed by atoms with Crippen molar-refractivity contribution in [1.29, 1.82) is 0 Å². The van der Waals surface area contributed by atoms with Gasteiger partial charge in [0.05, 0.1) is 13.2 Å². The van der Waals surface area contributed by atoms with Crippen LogP contribution < -0.4 is 0 Å². The Balaban J connectivity index is 1.61. The van der Waals surface area contributed by atoms with Gasteiger partial charge in [0.1, 0.15) is 6.61 Å². The van der Waals surface area contributed by atoms with E-state index in [0.717, 1.165) is 12.5 Å². The molecule has 0 spiro atoms. The Morgan fingerprint density at radius 3 is 2.50 bits per heavy atom. The predicted molar refractivity (Wildman–Crippen MR) is 53.1 cm³/mol. The Morgan fingerprint density at radius 1 is 1.21 bits per heavy atom. The topological polar surface area (TPSA) is 27.7 Å². The summed E-state index contributed by atoms with van der Waals surface area (Å²) in [7, 11) is 0. The second kappa shape index (κ2) is 4.60. The molecular formula is C11H20O3. The maximum absolute atomic E-state index is 5.65. The number of hydrogen-bond acceptors (Lipinski definition) is 3. The minimum Gasteiger partial charge on any atom is -0.376 e. The maximum atomic E-state index is 5.65. The van der Waals surface area contributed by atoms with E-state index in [-0.39, 0.29) is 0 Å². The lowest BCUT2D eigenvalue weighted by atomic mass is 10.1. The van der Waals surface area contributed by atoms with Crippen LogP contribution in [0.2, 0.25) is 0 Å². The van der Waals surface area contributed by atoms with Gasteiger partial charge in [-0.15, -0.1) is 0 Å². The zero-order valence-corrected chi connectivity index (χ0v) is 8.96. The van der Waals surface area contributed by atoms with Crippen LogP contribution in [0.25, 0.3) is 0 Å². The molecule has 2 fully saturated rings. The molecule has 0 aromatic carbocycles.